The molecule has 0 saturated carbocycles. The van der Waals surface area contributed by atoms with Crippen LogP contribution in [0.3, 0.4) is 0 Å². The summed E-state index contributed by atoms with van der Waals surface area (Å²) in [4.78, 5) is 4.02. The molecule has 0 aromatic heterocycles. The summed E-state index contributed by atoms with van der Waals surface area (Å²) in [7, 11) is 0. The molecule has 21 heavy (non-hydrogen) atoms. The summed E-state index contributed by atoms with van der Waals surface area (Å²) in [5, 5.41) is 4.60. The second kappa shape index (κ2) is 7.87. The lowest BCUT2D eigenvalue weighted by Crippen LogP contribution is -2.33. The standard InChI is InChI=1S/C17H25ClN2S/c18-14-5-6-17-15(13-14)16(7-12-21-17)19-8-4-11-20-9-2-1-3-10-20/h5-6,13,16,19H,1-4,7-12H2. The van der Waals surface area contributed by atoms with Gasteiger partial charge in [0.05, 0.1) is 0 Å². The van der Waals surface area contributed by atoms with Crippen molar-refractivity contribution in [3.8, 4) is 0 Å². The summed E-state index contributed by atoms with van der Waals surface area (Å²) in [6.45, 7) is 4.96. The average Bonchev–Trinajstić information content (AvgIpc) is 2.53. The molecule has 2 aliphatic heterocycles. The average molecular weight is 325 g/mol. The first-order chi connectivity index (χ1) is 10.3. The van der Waals surface area contributed by atoms with Crippen LogP contribution in [0, 0.1) is 0 Å². The van der Waals surface area contributed by atoms with Crippen LogP contribution in [0.5, 0.6) is 0 Å². The molecule has 1 fully saturated rings. The summed E-state index contributed by atoms with van der Waals surface area (Å²) in [6.07, 6.45) is 6.66. The molecule has 2 nitrogen and oxygen atoms in total. The number of rotatable bonds is 5. The molecule has 0 amide bonds. The molecular weight excluding hydrogens is 300 g/mol. The van der Waals surface area contributed by atoms with Gasteiger partial charge in [0, 0.05) is 16.0 Å². The highest BCUT2D eigenvalue weighted by atomic mass is 35.5. The Morgan fingerprint density at radius 2 is 2.10 bits per heavy atom. The van der Waals surface area contributed by atoms with Gasteiger partial charge < -0.3 is 10.2 Å². The zero-order chi connectivity index (χ0) is 14.5. The highest BCUT2D eigenvalue weighted by molar-refractivity contribution is 7.99. The van der Waals surface area contributed by atoms with Crippen molar-refractivity contribution in [3.63, 3.8) is 0 Å². The maximum absolute atomic E-state index is 6.16. The lowest BCUT2D eigenvalue weighted by atomic mass is 10.0. The van der Waals surface area contributed by atoms with E-state index >= 15 is 0 Å². The maximum atomic E-state index is 6.16. The number of benzene rings is 1. The Labute approximate surface area is 137 Å². The molecule has 4 heteroatoms. The second-order valence-electron chi connectivity index (χ2n) is 6.08. The lowest BCUT2D eigenvalue weighted by Gasteiger charge is -2.28. The molecule has 2 aliphatic rings. The Hall–Kier alpha value is -0.220. The molecule has 0 radical (unpaired) electrons. The van der Waals surface area contributed by atoms with Crippen LogP contribution in [0.4, 0.5) is 0 Å². The van der Waals surface area contributed by atoms with Crippen molar-refractivity contribution in [1.29, 1.82) is 0 Å². The summed E-state index contributed by atoms with van der Waals surface area (Å²) in [5.41, 5.74) is 1.40. The Morgan fingerprint density at radius 1 is 1.24 bits per heavy atom. The Kier molecular flexibility index (Phi) is 5.87. The second-order valence-corrected chi connectivity index (χ2v) is 7.66. The summed E-state index contributed by atoms with van der Waals surface area (Å²) >= 11 is 8.12. The van der Waals surface area contributed by atoms with E-state index in [1.165, 1.54) is 68.0 Å². The fraction of sp³-hybridized carbons (Fsp3) is 0.647. The molecule has 1 aromatic rings. The van der Waals surface area contributed by atoms with E-state index in [1.54, 1.807) is 0 Å². The zero-order valence-corrected chi connectivity index (χ0v) is 14.2. The molecule has 1 saturated heterocycles. The zero-order valence-electron chi connectivity index (χ0n) is 12.6. The molecule has 1 aromatic carbocycles. The van der Waals surface area contributed by atoms with Crippen LogP contribution in [0.15, 0.2) is 23.1 Å². The predicted octanol–water partition coefficient (Wildman–Crippen LogP) is 4.34. The van der Waals surface area contributed by atoms with Crippen LogP contribution in [-0.2, 0) is 0 Å². The van der Waals surface area contributed by atoms with Gasteiger partial charge in [-0.1, -0.05) is 18.0 Å². The van der Waals surface area contributed by atoms with Gasteiger partial charge in [-0.05, 0) is 81.4 Å². The summed E-state index contributed by atoms with van der Waals surface area (Å²) < 4.78 is 0. The third-order valence-electron chi connectivity index (χ3n) is 4.50. The van der Waals surface area contributed by atoms with Gasteiger partial charge in [0.2, 0.25) is 0 Å². The third kappa shape index (κ3) is 4.38. The number of hydrogen-bond donors (Lipinski definition) is 1. The quantitative estimate of drug-likeness (QED) is 0.811. The van der Waals surface area contributed by atoms with Gasteiger partial charge in [-0.15, -0.1) is 11.8 Å². The van der Waals surface area contributed by atoms with Gasteiger partial charge in [-0.3, -0.25) is 0 Å². The van der Waals surface area contributed by atoms with E-state index in [1.807, 2.05) is 17.8 Å². The van der Waals surface area contributed by atoms with E-state index in [0.717, 1.165) is 11.6 Å². The minimum absolute atomic E-state index is 0.487. The number of likely N-dealkylation sites (tertiary alicyclic amines) is 1. The van der Waals surface area contributed by atoms with E-state index in [9.17, 15) is 0 Å². The fourth-order valence-electron chi connectivity index (χ4n) is 3.34. The van der Waals surface area contributed by atoms with Crippen molar-refractivity contribution in [1.82, 2.24) is 10.2 Å². The van der Waals surface area contributed by atoms with Gasteiger partial charge >= 0.3 is 0 Å². The molecule has 116 valence electrons. The van der Waals surface area contributed by atoms with E-state index < -0.39 is 0 Å². The first-order valence-electron chi connectivity index (χ1n) is 8.21. The van der Waals surface area contributed by atoms with Crippen molar-refractivity contribution < 1.29 is 0 Å². The highest BCUT2D eigenvalue weighted by Gasteiger charge is 2.20. The predicted molar refractivity (Wildman–Crippen MR) is 92.4 cm³/mol. The number of thioether (sulfide) groups is 1. The number of nitrogens with one attached hydrogen (secondary N) is 1. The molecule has 0 spiro atoms. The SMILES string of the molecule is Clc1ccc2c(c1)C(NCCCN1CCCCC1)CCS2. The van der Waals surface area contributed by atoms with Crippen LogP contribution >= 0.6 is 23.4 Å². The normalized spacial score (nSPS) is 23.0. The molecule has 3 rings (SSSR count). The van der Waals surface area contributed by atoms with Crippen LogP contribution < -0.4 is 5.32 Å². The maximum Gasteiger partial charge on any atom is 0.0410 e. The lowest BCUT2D eigenvalue weighted by molar-refractivity contribution is 0.224. The fourth-order valence-corrected chi connectivity index (χ4v) is 4.63. The largest absolute Gasteiger partial charge is 0.310 e. The Balaban J connectivity index is 1.46. The molecule has 2 heterocycles. The van der Waals surface area contributed by atoms with E-state index in [2.05, 4.69) is 22.3 Å². The number of piperidine rings is 1. The molecule has 1 unspecified atom stereocenters. The van der Waals surface area contributed by atoms with Crippen LogP contribution in [-0.4, -0.2) is 36.8 Å². The first kappa shape index (κ1) is 15.7. The first-order valence-corrected chi connectivity index (χ1v) is 9.57. The van der Waals surface area contributed by atoms with Crippen LogP contribution in [0.1, 0.15) is 43.7 Å². The molecular formula is C17H25ClN2S. The number of fused-ring (bicyclic) bond motifs is 1. The third-order valence-corrected chi connectivity index (χ3v) is 5.86. The Morgan fingerprint density at radius 3 is 2.95 bits per heavy atom. The topological polar surface area (TPSA) is 15.3 Å². The van der Waals surface area contributed by atoms with Gasteiger partial charge in [-0.2, -0.15) is 0 Å². The molecule has 0 bridgehead atoms. The monoisotopic (exact) mass is 324 g/mol. The smallest absolute Gasteiger partial charge is 0.0410 e. The summed E-state index contributed by atoms with van der Waals surface area (Å²) in [6, 6.07) is 6.81. The Bertz CT molecular complexity index is 460. The van der Waals surface area contributed by atoms with Gasteiger partial charge in [0.25, 0.3) is 0 Å². The highest BCUT2D eigenvalue weighted by Crippen LogP contribution is 2.37. The molecule has 1 N–H and O–H groups in total. The van der Waals surface area contributed by atoms with E-state index in [4.69, 9.17) is 11.6 Å². The van der Waals surface area contributed by atoms with Crippen molar-refractivity contribution >= 4 is 23.4 Å². The number of hydrogen-bond acceptors (Lipinski definition) is 3. The van der Waals surface area contributed by atoms with Gasteiger partial charge in [-0.25, -0.2) is 0 Å². The van der Waals surface area contributed by atoms with Crippen molar-refractivity contribution in [2.45, 2.75) is 43.0 Å². The molecule has 0 aliphatic carbocycles. The van der Waals surface area contributed by atoms with Crippen LogP contribution in [0.25, 0.3) is 0 Å². The van der Waals surface area contributed by atoms with E-state index in [-0.39, 0.29) is 0 Å². The van der Waals surface area contributed by atoms with Crippen molar-refractivity contribution in [2.24, 2.45) is 0 Å². The van der Waals surface area contributed by atoms with Gasteiger partial charge in [0.1, 0.15) is 0 Å². The van der Waals surface area contributed by atoms with Crippen LogP contribution in [0.2, 0.25) is 5.02 Å². The molecule has 1 atom stereocenters. The summed E-state index contributed by atoms with van der Waals surface area (Å²) in [5.74, 6) is 1.21. The number of nitrogens with zero attached hydrogens (tertiary/aromatic N) is 1. The van der Waals surface area contributed by atoms with Crippen molar-refractivity contribution in [3.05, 3.63) is 28.8 Å². The van der Waals surface area contributed by atoms with Crippen molar-refractivity contribution in [2.75, 3.05) is 31.9 Å². The minimum atomic E-state index is 0.487. The van der Waals surface area contributed by atoms with E-state index in [0.29, 0.717) is 6.04 Å². The minimum Gasteiger partial charge on any atom is -0.310 e. The number of halogens is 1. The van der Waals surface area contributed by atoms with Gasteiger partial charge in [0.15, 0.2) is 0 Å².